The van der Waals surface area contributed by atoms with Crippen molar-refractivity contribution in [1.29, 1.82) is 0 Å². The molecule has 1 N–H and O–H groups in total. The van der Waals surface area contributed by atoms with Crippen LogP contribution in [0.15, 0.2) is 36.7 Å². The van der Waals surface area contributed by atoms with Gasteiger partial charge in [-0.25, -0.2) is 4.79 Å². The Kier molecular flexibility index (Phi) is 4.88. The number of hydrogen-bond acceptors (Lipinski definition) is 3. The third-order valence-electron chi connectivity index (χ3n) is 2.72. The van der Waals surface area contributed by atoms with Gasteiger partial charge in [-0.1, -0.05) is 29.3 Å². The number of aromatic nitrogens is 1. The van der Waals surface area contributed by atoms with E-state index in [-0.39, 0.29) is 17.9 Å². The molecule has 1 heterocycles. The van der Waals surface area contributed by atoms with Gasteiger partial charge in [0.25, 0.3) is 0 Å². The van der Waals surface area contributed by atoms with E-state index < -0.39 is 5.97 Å². The Labute approximate surface area is 130 Å². The first-order valence-corrected chi connectivity index (χ1v) is 6.75. The SMILES string of the molecule is O=C(O)c1cc(OCCc2ccc(Cl)cc2Cl)c[n+]([O-])c1. The van der Waals surface area contributed by atoms with Crippen LogP contribution in [0, 0.1) is 5.21 Å². The summed E-state index contributed by atoms with van der Waals surface area (Å²) in [5, 5.41) is 21.2. The Morgan fingerprint density at radius 2 is 2.05 bits per heavy atom. The number of aromatic carboxylic acids is 1. The van der Waals surface area contributed by atoms with Gasteiger partial charge in [0, 0.05) is 22.5 Å². The summed E-state index contributed by atoms with van der Waals surface area (Å²) in [5.41, 5.74) is 0.720. The highest BCUT2D eigenvalue weighted by Crippen LogP contribution is 2.21. The molecule has 0 atom stereocenters. The minimum atomic E-state index is -1.19. The molecular weight excluding hydrogens is 317 g/mol. The molecule has 0 saturated heterocycles. The average Bonchev–Trinajstić information content (AvgIpc) is 2.40. The monoisotopic (exact) mass is 327 g/mol. The molecule has 21 heavy (non-hydrogen) atoms. The number of ether oxygens (including phenoxy) is 1. The number of carboxylic acid groups (broad SMARTS) is 1. The van der Waals surface area contributed by atoms with Gasteiger partial charge in [0.15, 0.2) is 11.9 Å². The van der Waals surface area contributed by atoms with Crippen LogP contribution in [-0.2, 0) is 6.42 Å². The molecular formula is C14H11Cl2NO4. The number of carbonyl (C=O) groups is 1. The maximum atomic E-state index is 11.3. The zero-order valence-corrected chi connectivity index (χ0v) is 12.3. The van der Waals surface area contributed by atoms with Crippen molar-refractivity contribution in [1.82, 2.24) is 0 Å². The number of rotatable bonds is 5. The number of benzene rings is 1. The van der Waals surface area contributed by atoms with Crippen LogP contribution < -0.4 is 9.47 Å². The van der Waals surface area contributed by atoms with E-state index in [2.05, 4.69) is 0 Å². The number of carboxylic acids is 1. The van der Waals surface area contributed by atoms with Crippen LogP contribution in [0.25, 0.3) is 0 Å². The highest BCUT2D eigenvalue weighted by molar-refractivity contribution is 6.35. The van der Waals surface area contributed by atoms with Crippen molar-refractivity contribution in [3.8, 4) is 5.75 Å². The molecule has 0 aliphatic carbocycles. The fourth-order valence-corrected chi connectivity index (χ4v) is 2.23. The number of pyridine rings is 1. The summed E-state index contributed by atoms with van der Waals surface area (Å²) in [4.78, 5) is 10.8. The van der Waals surface area contributed by atoms with E-state index in [1.807, 2.05) is 0 Å². The van der Waals surface area contributed by atoms with Crippen molar-refractivity contribution < 1.29 is 19.4 Å². The van der Waals surface area contributed by atoms with Gasteiger partial charge in [0.1, 0.15) is 5.56 Å². The van der Waals surface area contributed by atoms with Gasteiger partial charge in [0.2, 0.25) is 6.20 Å². The standard InChI is InChI=1S/C14H11Cl2NO4/c15-11-2-1-9(13(16)6-11)3-4-21-12-5-10(14(18)19)7-17(20)8-12/h1-2,5-8H,3-4H2,(H,18,19). The molecule has 7 heteroatoms. The van der Waals surface area contributed by atoms with Gasteiger partial charge in [0.05, 0.1) is 6.61 Å². The second-order valence-corrected chi connectivity index (χ2v) is 5.10. The number of nitrogens with zero attached hydrogens (tertiary/aromatic N) is 1. The summed E-state index contributed by atoms with van der Waals surface area (Å²) in [5.74, 6) is -0.999. The second kappa shape index (κ2) is 6.65. The fraction of sp³-hybridized carbons (Fsp3) is 0.143. The lowest BCUT2D eigenvalue weighted by Gasteiger charge is -2.08. The Bertz CT molecular complexity index is 676. The van der Waals surface area contributed by atoms with Crippen molar-refractivity contribution in [3.05, 3.63) is 63.0 Å². The van der Waals surface area contributed by atoms with E-state index >= 15 is 0 Å². The molecule has 0 fully saturated rings. The summed E-state index contributed by atoms with van der Waals surface area (Å²) in [6.07, 6.45) is 2.63. The lowest BCUT2D eigenvalue weighted by atomic mass is 10.1. The predicted octanol–water partition coefficient (Wildman–Crippen LogP) is 2.95. The molecule has 0 aliphatic rings. The van der Waals surface area contributed by atoms with E-state index in [1.54, 1.807) is 18.2 Å². The first kappa shape index (κ1) is 15.4. The van der Waals surface area contributed by atoms with Crippen molar-refractivity contribution in [2.45, 2.75) is 6.42 Å². The Morgan fingerprint density at radius 1 is 1.29 bits per heavy atom. The van der Waals surface area contributed by atoms with Crippen LogP contribution in [0.2, 0.25) is 10.0 Å². The lowest BCUT2D eigenvalue weighted by molar-refractivity contribution is -0.606. The van der Waals surface area contributed by atoms with E-state index in [1.165, 1.54) is 6.07 Å². The summed E-state index contributed by atoms with van der Waals surface area (Å²) in [6.45, 7) is 0.254. The molecule has 0 spiro atoms. The highest BCUT2D eigenvalue weighted by Gasteiger charge is 2.11. The molecule has 0 aliphatic heterocycles. The fourth-order valence-electron chi connectivity index (χ4n) is 1.73. The van der Waals surface area contributed by atoms with Gasteiger partial charge in [-0.3, -0.25) is 0 Å². The maximum absolute atomic E-state index is 11.3. The normalized spacial score (nSPS) is 10.4. The zero-order chi connectivity index (χ0) is 15.4. The van der Waals surface area contributed by atoms with Crippen LogP contribution in [0.1, 0.15) is 15.9 Å². The predicted molar refractivity (Wildman–Crippen MR) is 78.0 cm³/mol. The van der Waals surface area contributed by atoms with Gasteiger partial charge in [-0.15, -0.1) is 0 Å². The van der Waals surface area contributed by atoms with E-state index in [0.29, 0.717) is 21.2 Å². The molecule has 0 saturated carbocycles. The third-order valence-corrected chi connectivity index (χ3v) is 3.31. The van der Waals surface area contributed by atoms with Crippen molar-refractivity contribution in [2.75, 3.05) is 6.61 Å². The molecule has 0 unspecified atom stereocenters. The third kappa shape index (κ3) is 4.24. The maximum Gasteiger partial charge on any atom is 0.341 e. The number of hydrogen-bond donors (Lipinski definition) is 1. The summed E-state index contributed by atoms with van der Waals surface area (Å²) in [7, 11) is 0. The van der Waals surface area contributed by atoms with Crippen LogP contribution in [-0.4, -0.2) is 17.7 Å². The van der Waals surface area contributed by atoms with Gasteiger partial charge in [-0.05, 0) is 17.7 Å². The van der Waals surface area contributed by atoms with Crippen LogP contribution in [0.5, 0.6) is 5.75 Å². The second-order valence-electron chi connectivity index (χ2n) is 4.26. The minimum absolute atomic E-state index is 0.132. The van der Waals surface area contributed by atoms with Crippen molar-refractivity contribution in [3.63, 3.8) is 0 Å². The Morgan fingerprint density at radius 3 is 2.71 bits per heavy atom. The smallest absolute Gasteiger partial charge is 0.341 e. The number of halogens is 2. The van der Waals surface area contributed by atoms with Crippen LogP contribution >= 0.6 is 23.2 Å². The summed E-state index contributed by atoms with van der Waals surface area (Å²) in [6, 6.07) is 6.43. The molecule has 1 aromatic heterocycles. The van der Waals surface area contributed by atoms with Gasteiger partial charge >= 0.3 is 5.97 Å². The largest absolute Gasteiger partial charge is 0.619 e. The lowest BCUT2D eigenvalue weighted by Crippen LogP contribution is -2.26. The van der Waals surface area contributed by atoms with Crippen molar-refractivity contribution in [2.24, 2.45) is 0 Å². The molecule has 1 aromatic carbocycles. The average molecular weight is 328 g/mol. The molecule has 0 bridgehead atoms. The Balaban J connectivity index is 2.01. The zero-order valence-electron chi connectivity index (χ0n) is 10.8. The first-order valence-electron chi connectivity index (χ1n) is 5.99. The molecule has 2 rings (SSSR count). The highest BCUT2D eigenvalue weighted by atomic mass is 35.5. The molecule has 5 nitrogen and oxygen atoms in total. The van der Waals surface area contributed by atoms with E-state index in [4.69, 9.17) is 33.0 Å². The first-order chi connectivity index (χ1) is 9.95. The summed E-state index contributed by atoms with van der Waals surface area (Å²) < 4.78 is 5.79. The Hall–Kier alpha value is -1.98. The molecule has 110 valence electrons. The van der Waals surface area contributed by atoms with Crippen LogP contribution in [0.3, 0.4) is 0 Å². The van der Waals surface area contributed by atoms with Gasteiger partial charge < -0.3 is 15.1 Å². The quantitative estimate of drug-likeness (QED) is 0.676. The summed E-state index contributed by atoms with van der Waals surface area (Å²) >= 11 is 11.8. The molecule has 0 radical (unpaired) electrons. The molecule has 0 amide bonds. The molecule has 2 aromatic rings. The van der Waals surface area contributed by atoms with Gasteiger partial charge in [-0.2, -0.15) is 4.73 Å². The van der Waals surface area contributed by atoms with E-state index in [0.717, 1.165) is 18.0 Å². The van der Waals surface area contributed by atoms with E-state index in [9.17, 15) is 10.0 Å². The van der Waals surface area contributed by atoms with Crippen molar-refractivity contribution >= 4 is 29.2 Å². The minimum Gasteiger partial charge on any atom is -0.619 e. The topological polar surface area (TPSA) is 73.5 Å². The van der Waals surface area contributed by atoms with Crippen LogP contribution in [0.4, 0.5) is 0 Å².